The molecule has 0 atom stereocenters. The van der Waals surface area contributed by atoms with E-state index in [0.29, 0.717) is 12.8 Å². The summed E-state index contributed by atoms with van der Waals surface area (Å²) in [5.41, 5.74) is 7.66. The molecule has 1 aliphatic carbocycles. The quantitative estimate of drug-likeness (QED) is 0.334. The van der Waals surface area contributed by atoms with Gasteiger partial charge in [0, 0.05) is 19.1 Å². The van der Waals surface area contributed by atoms with Crippen LogP contribution in [-0.2, 0) is 17.9 Å². The maximum Gasteiger partial charge on any atom is 0.353 e. The van der Waals surface area contributed by atoms with Crippen LogP contribution in [-0.4, -0.2) is 51.8 Å². The van der Waals surface area contributed by atoms with Crippen LogP contribution in [0.4, 0.5) is 23.3 Å². The molecule has 0 unspecified atom stereocenters. The SMILES string of the molecule is Nc1nc(NC2CC2)nc(N(CC=O)Cc2cccc(CN3CCCC3)c2)c1[N+](=O)[O-]. The van der Waals surface area contributed by atoms with Crippen molar-refractivity contribution in [1.82, 2.24) is 14.9 Å². The Morgan fingerprint density at radius 2 is 2.00 bits per heavy atom. The standard InChI is InChI=1S/C21H27N7O3/c22-19-18(28(30)31)20(25-21(24-19)23-17-6-7-17)27(10-11-29)14-16-5-3-4-15(12-16)13-26-8-1-2-9-26/h3-5,11-12,17H,1-2,6-10,13-14H2,(H3,22,23,24,25). The third-order valence-electron chi connectivity index (χ3n) is 5.55. The highest BCUT2D eigenvalue weighted by Crippen LogP contribution is 2.34. The summed E-state index contributed by atoms with van der Waals surface area (Å²) in [6.45, 7) is 3.33. The first kappa shape index (κ1) is 21.0. The molecule has 31 heavy (non-hydrogen) atoms. The first-order valence-corrected chi connectivity index (χ1v) is 10.6. The fraction of sp³-hybridized carbons (Fsp3) is 0.476. The Labute approximate surface area is 180 Å². The van der Waals surface area contributed by atoms with E-state index in [9.17, 15) is 14.9 Å². The van der Waals surface area contributed by atoms with Gasteiger partial charge in [0.25, 0.3) is 0 Å². The van der Waals surface area contributed by atoms with E-state index in [-0.39, 0.29) is 35.9 Å². The smallest absolute Gasteiger partial charge is 0.353 e. The largest absolute Gasteiger partial charge is 0.378 e. The normalized spacial score (nSPS) is 16.3. The number of nitrogen functional groups attached to an aromatic ring is 1. The molecule has 4 rings (SSSR count). The number of rotatable bonds is 10. The Morgan fingerprint density at radius 3 is 2.68 bits per heavy atom. The van der Waals surface area contributed by atoms with Gasteiger partial charge in [-0.3, -0.25) is 15.0 Å². The number of hydrogen-bond acceptors (Lipinski definition) is 9. The first-order chi connectivity index (χ1) is 15.0. The number of nitrogens with two attached hydrogens (primary N) is 1. The molecule has 0 bridgehead atoms. The van der Waals surface area contributed by atoms with E-state index in [1.807, 2.05) is 12.1 Å². The van der Waals surface area contributed by atoms with Crippen LogP contribution < -0.4 is 16.0 Å². The topological polar surface area (TPSA) is 131 Å². The molecule has 0 amide bonds. The number of carbonyl (C=O) groups is 1. The van der Waals surface area contributed by atoms with E-state index in [2.05, 4.69) is 32.3 Å². The molecule has 1 aromatic carbocycles. The Hall–Kier alpha value is -3.27. The molecule has 2 aromatic rings. The van der Waals surface area contributed by atoms with Crippen molar-refractivity contribution in [2.75, 3.05) is 35.6 Å². The lowest BCUT2D eigenvalue weighted by molar-refractivity contribution is -0.383. The van der Waals surface area contributed by atoms with Gasteiger partial charge in [-0.2, -0.15) is 9.97 Å². The summed E-state index contributed by atoms with van der Waals surface area (Å²) in [6.07, 6.45) is 5.16. The highest BCUT2D eigenvalue weighted by molar-refractivity contribution is 5.73. The van der Waals surface area contributed by atoms with Crippen molar-refractivity contribution in [3.05, 3.63) is 45.5 Å². The number of carbonyl (C=O) groups excluding carboxylic acids is 1. The second-order valence-electron chi connectivity index (χ2n) is 8.13. The molecule has 1 saturated heterocycles. The summed E-state index contributed by atoms with van der Waals surface area (Å²) in [5.74, 6) is 0.0915. The van der Waals surface area contributed by atoms with Crippen molar-refractivity contribution < 1.29 is 9.72 Å². The minimum Gasteiger partial charge on any atom is -0.378 e. The molecule has 1 aliphatic heterocycles. The summed E-state index contributed by atoms with van der Waals surface area (Å²) in [6, 6.07) is 8.34. The van der Waals surface area contributed by atoms with Gasteiger partial charge in [-0.25, -0.2) is 0 Å². The summed E-state index contributed by atoms with van der Waals surface area (Å²) in [4.78, 5) is 34.9. The van der Waals surface area contributed by atoms with Gasteiger partial charge in [-0.15, -0.1) is 0 Å². The van der Waals surface area contributed by atoms with Crippen LogP contribution in [0, 0.1) is 10.1 Å². The highest BCUT2D eigenvalue weighted by atomic mass is 16.6. The Kier molecular flexibility index (Phi) is 6.26. The van der Waals surface area contributed by atoms with Crippen molar-refractivity contribution >= 4 is 29.6 Å². The zero-order chi connectivity index (χ0) is 21.8. The van der Waals surface area contributed by atoms with Gasteiger partial charge in [0.1, 0.15) is 6.29 Å². The van der Waals surface area contributed by atoms with Gasteiger partial charge >= 0.3 is 5.69 Å². The zero-order valence-corrected chi connectivity index (χ0v) is 17.4. The average molecular weight is 425 g/mol. The lowest BCUT2D eigenvalue weighted by Gasteiger charge is -2.23. The van der Waals surface area contributed by atoms with E-state index < -0.39 is 4.92 Å². The minimum atomic E-state index is -0.590. The van der Waals surface area contributed by atoms with Gasteiger partial charge in [-0.05, 0) is 49.9 Å². The molecule has 1 aromatic heterocycles. The number of aromatic nitrogens is 2. The first-order valence-electron chi connectivity index (χ1n) is 10.6. The van der Waals surface area contributed by atoms with Crippen LogP contribution in [0.3, 0.4) is 0 Å². The van der Waals surface area contributed by atoms with Crippen LogP contribution >= 0.6 is 0 Å². The highest BCUT2D eigenvalue weighted by Gasteiger charge is 2.29. The summed E-state index contributed by atoms with van der Waals surface area (Å²) < 4.78 is 0. The predicted molar refractivity (Wildman–Crippen MR) is 118 cm³/mol. The van der Waals surface area contributed by atoms with E-state index in [4.69, 9.17) is 5.73 Å². The fourth-order valence-electron chi connectivity index (χ4n) is 3.89. The van der Waals surface area contributed by atoms with E-state index in [1.165, 1.54) is 18.4 Å². The fourth-order valence-corrected chi connectivity index (χ4v) is 3.89. The van der Waals surface area contributed by atoms with Gasteiger partial charge in [0.15, 0.2) is 0 Å². The maximum absolute atomic E-state index is 11.7. The summed E-state index contributed by atoms with van der Waals surface area (Å²) in [5, 5.41) is 14.8. The number of nitro groups is 1. The van der Waals surface area contributed by atoms with Gasteiger partial charge in [0.2, 0.25) is 17.6 Å². The van der Waals surface area contributed by atoms with Crippen molar-refractivity contribution in [2.24, 2.45) is 0 Å². The molecule has 0 spiro atoms. The number of anilines is 3. The summed E-state index contributed by atoms with van der Waals surface area (Å²) in [7, 11) is 0. The number of nitrogens with one attached hydrogen (secondary N) is 1. The molecular weight excluding hydrogens is 398 g/mol. The number of likely N-dealkylation sites (tertiary alicyclic amines) is 1. The molecule has 0 radical (unpaired) electrons. The minimum absolute atomic E-state index is 0.0451. The van der Waals surface area contributed by atoms with E-state index >= 15 is 0 Å². The van der Waals surface area contributed by atoms with Crippen LogP contribution in [0.1, 0.15) is 36.8 Å². The molecule has 2 aliphatic rings. The third kappa shape index (κ3) is 5.26. The second kappa shape index (κ2) is 9.25. The molecule has 10 heteroatoms. The van der Waals surface area contributed by atoms with Crippen molar-refractivity contribution in [2.45, 2.75) is 44.8 Å². The molecule has 2 heterocycles. The number of benzene rings is 1. The molecule has 10 nitrogen and oxygen atoms in total. The lowest BCUT2D eigenvalue weighted by atomic mass is 10.1. The maximum atomic E-state index is 11.7. The molecule has 2 fully saturated rings. The average Bonchev–Trinajstić information content (AvgIpc) is 3.39. The number of nitrogens with zero attached hydrogens (tertiary/aromatic N) is 5. The Morgan fingerprint density at radius 1 is 1.26 bits per heavy atom. The van der Waals surface area contributed by atoms with Gasteiger partial charge < -0.3 is 20.7 Å². The van der Waals surface area contributed by atoms with Gasteiger partial charge in [0.05, 0.1) is 11.5 Å². The van der Waals surface area contributed by atoms with E-state index in [0.717, 1.165) is 38.0 Å². The van der Waals surface area contributed by atoms with Crippen molar-refractivity contribution in [3.63, 3.8) is 0 Å². The van der Waals surface area contributed by atoms with Crippen LogP contribution in [0.25, 0.3) is 0 Å². The lowest BCUT2D eigenvalue weighted by Crippen LogP contribution is -2.28. The Balaban J connectivity index is 1.61. The van der Waals surface area contributed by atoms with E-state index in [1.54, 1.807) is 4.90 Å². The monoisotopic (exact) mass is 425 g/mol. The molecule has 3 N–H and O–H groups in total. The second-order valence-corrected chi connectivity index (χ2v) is 8.13. The van der Waals surface area contributed by atoms with Crippen molar-refractivity contribution in [1.29, 1.82) is 0 Å². The van der Waals surface area contributed by atoms with Crippen molar-refractivity contribution in [3.8, 4) is 0 Å². The Bertz CT molecular complexity index is 958. The zero-order valence-electron chi connectivity index (χ0n) is 17.4. The van der Waals surface area contributed by atoms with Crippen LogP contribution in [0.5, 0.6) is 0 Å². The number of hydrogen-bond donors (Lipinski definition) is 2. The molecular formula is C21H27N7O3. The third-order valence-corrected chi connectivity index (χ3v) is 5.55. The molecule has 164 valence electrons. The van der Waals surface area contributed by atoms with Crippen LogP contribution in [0.2, 0.25) is 0 Å². The van der Waals surface area contributed by atoms with Crippen LogP contribution in [0.15, 0.2) is 24.3 Å². The number of aldehydes is 1. The molecule has 1 saturated carbocycles. The summed E-state index contributed by atoms with van der Waals surface area (Å²) >= 11 is 0. The van der Waals surface area contributed by atoms with Gasteiger partial charge in [-0.1, -0.05) is 24.3 Å². The predicted octanol–water partition coefficient (Wildman–Crippen LogP) is 2.34.